The van der Waals surface area contributed by atoms with Crippen molar-refractivity contribution in [1.29, 1.82) is 0 Å². The molecule has 0 spiro atoms. The molecule has 26 heavy (non-hydrogen) atoms. The number of fused-ring (bicyclic) bond motifs is 1. The van der Waals surface area contributed by atoms with Gasteiger partial charge in [0.05, 0.1) is 0 Å². The van der Waals surface area contributed by atoms with E-state index in [4.69, 9.17) is 4.74 Å². The lowest BCUT2D eigenvalue weighted by molar-refractivity contribution is -0.123. The number of anilines is 1. The van der Waals surface area contributed by atoms with Crippen LogP contribution in [0.25, 0.3) is 0 Å². The molecule has 1 aliphatic carbocycles. The van der Waals surface area contributed by atoms with Crippen molar-refractivity contribution in [2.24, 2.45) is 0 Å². The molecule has 0 aliphatic heterocycles. The maximum Gasteiger partial charge on any atom is 0.349 e. The van der Waals surface area contributed by atoms with E-state index in [-0.39, 0.29) is 11.8 Å². The Bertz CT molecular complexity index is 816. The van der Waals surface area contributed by atoms with Gasteiger partial charge >= 0.3 is 5.97 Å². The zero-order chi connectivity index (χ0) is 18.8. The first-order chi connectivity index (χ1) is 12.4. The molecule has 0 fully saturated rings. The van der Waals surface area contributed by atoms with Gasteiger partial charge in [-0.2, -0.15) is 0 Å². The molecule has 1 aromatic heterocycles. The highest BCUT2D eigenvalue weighted by atomic mass is 32.1. The molecule has 4 nitrogen and oxygen atoms in total. The van der Waals surface area contributed by atoms with Gasteiger partial charge in [-0.05, 0) is 61.8 Å². The van der Waals surface area contributed by atoms with E-state index >= 15 is 0 Å². The number of hydrogen-bond donors (Lipinski definition) is 1. The Morgan fingerprint density at radius 2 is 1.96 bits per heavy atom. The summed E-state index contributed by atoms with van der Waals surface area (Å²) in [6.07, 6.45) is 2.37. The van der Waals surface area contributed by atoms with Gasteiger partial charge in [-0.3, -0.25) is 4.79 Å². The molecule has 0 saturated heterocycles. The molecule has 1 amide bonds. The molecule has 0 radical (unpaired) electrons. The van der Waals surface area contributed by atoms with E-state index in [0.717, 1.165) is 36.1 Å². The van der Waals surface area contributed by atoms with Gasteiger partial charge in [0.25, 0.3) is 5.91 Å². The first-order valence-corrected chi connectivity index (χ1v) is 9.91. The fourth-order valence-electron chi connectivity index (χ4n) is 3.27. The van der Waals surface area contributed by atoms with Crippen molar-refractivity contribution in [1.82, 2.24) is 0 Å². The Hall–Kier alpha value is -2.14. The zero-order valence-corrected chi connectivity index (χ0v) is 16.5. The number of rotatable bonds is 5. The van der Waals surface area contributed by atoms with Gasteiger partial charge < -0.3 is 10.1 Å². The molecule has 1 heterocycles. The molecule has 2 aromatic rings. The summed E-state index contributed by atoms with van der Waals surface area (Å²) in [7, 11) is 0. The number of esters is 1. The minimum Gasteiger partial charge on any atom is -0.448 e. The third-order valence-corrected chi connectivity index (χ3v) is 5.99. The molecule has 0 unspecified atom stereocenters. The van der Waals surface area contributed by atoms with E-state index in [9.17, 15) is 9.59 Å². The zero-order valence-electron chi connectivity index (χ0n) is 15.7. The van der Waals surface area contributed by atoms with E-state index < -0.39 is 12.1 Å². The molecule has 5 heteroatoms. The fourth-order valence-corrected chi connectivity index (χ4v) is 4.41. The lowest BCUT2D eigenvalue weighted by Crippen LogP contribution is -2.30. The van der Waals surface area contributed by atoms with Crippen LogP contribution in [0.3, 0.4) is 0 Å². The van der Waals surface area contributed by atoms with Crippen LogP contribution in [0.5, 0.6) is 0 Å². The number of para-hydroxylation sites is 1. The average molecular weight is 372 g/mol. The predicted octanol–water partition coefficient (Wildman–Crippen LogP) is 4.85. The van der Waals surface area contributed by atoms with E-state index in [2.05, 4.69) is 19.2 Å². The summed E-state index contributed by atoms with van der Waals surface area (Å²) in [5.74, 6) is -0.434. The largest absolute Gasteiger partial charge is 0.448 e. The van der Waals surface area contributed by atoms with Gasteiger partial charge in [-0.1, -0.05) is 32.0 Å². The molecule has 1 atom stereocenters. The molecule has 0 bridgehead atoms. The maximum absolute atomic E-state index is 12.6. The number of carbonyl (C=O) groups is 2. The summed E-state index contributed by atoms with van der Waals surface area (Å²) in [6.45, 7) is 7.75. The predicted molar refractivity (Wildman–Crippen MR) is 105 cm³/mol. The first-order valence-electron chi connectivity index (χ1n) is 9.09. The van der Waals surface area contributed by atoms with Gasteiger partial charge in [0, 0.05) is 10.6 Å². The lowest BCUT2D eigenvalue weighted by Gasteiger charge is -2.18. The number of carbonyl (C=O) groups excluding carboxylic acids is 2. The highest BCUT2D eigenvalue weighted by molar-refractivity contribution is 7.14. The summed E-state index contributed by atoms with van der Waals surface area (Å²) in [4.78, 5) is 26.8. The molecular weight excluding hydrogens is 346 g/mol. The van der Waals surface area contributed by atoms with Gasteiger partial charge in [-0.15, -0.1) is 11.3 Å². The van der Waals surface area contributed by atoms with E-state index in [1.165, 1.54) is 21.8 Å². The van der Waals surface area contributed by atoms with Crippen LogP contribution in [0.4, 0.5) is 5.69 Å². The average Bonchev–Trinajstić information content (AvgIpc) is 3.17. The number of aryl methyl sites for hydroxylation is 3. The van der Waals surface area contributed by atoms with Gasteiger partial charge in [-0.25, -0.2) is 4.79 Å². The Kier molecular flexibility index (Phi) is 5.47. The summed E-state index contributed by atoms with van der Waals surface area (Å²) in [6, 6.07) is 7.88. The highest BCUT2D eigenvalue weighted by Gasteiger charge is 2.24. The SMILES string of the molecule is Cc1cccc(C(C)C)c1NC(=O)[C@H](C)OC(=O)c1cc2c(s1)CCC2. The second-order valence-corrected chi connectivity index (χ2v) is 8.28. The van der Waals surface area contributed by atoms with E-state index in [1.54, 1.807) is 6.92 Å². The van der Waals surface area contributed by atoms with Crippen molar-refractivity contribution in [3.63, 3.8) is 0 Å². The minimum absolute atomic E-state index is 0.288. The second-order valence-electron chi connectivity index (χ2n) is 7.14. The number of nitrogens with one attached hydrogen (secondary N) is 1. The third-order valence-electron chi connectivity index (χ3n) is 4.78. The number of benzene rings is 1. The Morgan fingerprint density at radius 1 is 1.19 bits per heavy atom. The first kappa shape index (κ1) is 18.6. The lowest BCUT2D eigenvalue weighted by atomic mass is 9.98. The normalized spacial score (nSPS) is 14.2. The smallest absolute Gasteiger partial charge is 0.349 e. The third kappa shape index (κ3) is 3.83. The van der Waals surface area contributed by atoms with Crippen molar-refractivity contribution in [3.8, 4) is 0 Å². The van der Waals surface area contributed by atoms with Crippen molar-refractivity contribution < 1.29 is 14.3 Å². The molecule has 1 aliphatic rings. The summed E-state index contributed by atoms with van der Waals surface area (Å²) in [5, 5.41) is 2.94. The topological polar surface area (TPSA) is 55.4 Å². The molecule has 1 aromatic carbocycles. The monoisotopic (exact) mass is 371 g/mol. The Labute approximate surface area is 158 Å². The summed E-state index contributed by atoms with van der Waals surface area (Å²) < 4.78 is 5.41. The summed E-state index contributed by atoms with van der Waals surface area (Å²) >= 11 is 1.49. The fraction of sp³-hybridized carbons (Fsp3) is 0.429. The number of thiophene rings is 1. The van der Waals surface area contributed by atoms with E-state index in [0.29, 0.717) is 4.88 Å². The van der Waals surface area contributed by atoms with Crippen LogP contribution >= 0.6 is 11.3 Å². The molecule has 0 saturated carbocycles. The van der Waals surface area contributed by atoms with Crippen molar-refractivity contribution in [3.05, 3.63) is 50.7 Å². The quantitative estimate of drug-likeness (QED) is 0.764. The van der Waals surface area contributed by atoms with Crippen LogP contribution < -0.4 is 5.32 Å². The summed E-state index contributed by atoms with van der Waals surface area (Å²) in [5.41, 5.74) is 4.13. The molecule has 138 valence electrons. The van der Waals surface area contributed by atoms with Crippen molar-refractivity contribution in [2.75, 3.05) is 5.32 Å². The van der Waals surface area contributed by atoms with Crippen LogP contribution in [-0.2, 0) is 22.4 Å². The van der Waals surface area contributed by atoms with Crippen molar-refractivity contribution >= 4 is 28.9 Å². The Balaban J connectivity index is 1.67. The molecule has 1 N–H and O–H groups in total. The van der Waals surface area contributed by atoms with Crippen LogP contribution in [0.2, 0.25) is 0 Å². The standard InChI is InChI=1S/C21H25NO3S/c1-12(2)16-9-5-7-13(3)19(16)22-20(23)14(4)25-21(24)18-11-15-8-6-10-17(15)26-18/h5,7,9,11-12,14H,6,8,10H2,1-4H3,(H,22,23)/t14-/m0/s1. The van der Waals surface area contributed by atoms with Crippen molar-refractivity contribution in [2.45, 2.75) is 59.0 Å². The van der Waals surface area contributed by atoms with E-state index in [1.807, 2.05) is 31.2 Å². The molecular formula is C21H25NO3S. The van der Waals surface area contributed by atoms with Gasteiger partial charge in [0.2, 0.25) is 0 Å². The van der Waals surface area contributed by atoms with Crippen LogP contribution in [0.1, 0.15) is 64.3 Å². The number of hydrogen-bond acceptors (Lipinski definition) is 4. The van der Waals surface area contributed by atoms with Crippen LogP contribution in [0.15, 0.2) is 24.3 Å². The van der Waals surface area contributed by atoms with Gasteiger partial charge in [0.15, 0.2) is 6.10 Å². The maximum atomic E-state index is 12.6. The highest BCUT2D eigenvalue weighted by Crippen LogP contribution is 2.31. The number of amides is 1. The number of ether oxygens (including phenoxy) is 1. The second kappa shape index (κ2) is 7.62. The van der Waals surface area contributed by atoms with Crippen LogP contribution in [0, 0.1) is 6.92 Å². The molecule has 3 rings (SSSR count). The van der Waals surface area contributed by atoms with Crippen LogP contribution in [-0.4, -0.2) is 18.0 Å². The Morgan fingerprint density at radius 3 is 2.65 bits per heavy atom. The minimum atomic E-state index is -0.848. The van der Waals surface area contributed by atoms with Gasteiger partial charge in [0.1, 0.15) is 4.88 Å².